The average Bonchev–Trinajstić information content (AvgIpc) is 2.82. The Morgan fingerprint density at radius 2 is 2.05 bits per heavy atom. The molecule has 2 aromatic rings. The zero-order valence-electron chi connectivity index (χ0n) is 10.5. The van der Waals surface area contributed by atoms with Gasteiger partial charge in [-0.2, -0.15) is 8.78 Å². The average molecular weight is 318 g/mol. The van der Waals surface area contributed by atoms with Crippen LogP contribution in [0.3, 0.4) is 0 Å². The molecule has 108 valence electrons. The van der Waals surface area contributed by atoms with Gasteiger partial charge in [-0.3, -0.25) is 0 Å². The maximum absolute atomic E-state index is 12.6. The van der Waals surface area contributed by atoms with Gasteiger partial charge >= 0.3 is 5.76 Å². The number of alkyl halides is 2. The predicted octanol–water partition coefficient (Wildman–Crippen LogP) is 3.06. The van der Waals surface area contributed by atoms with Crippen molar-refractivity contribution in [3.05, 3.63) is 40.3 Å². The topological polar surface area (TPSA) is 59.1 Å². The molecule has 1 N–H and O–H groups in total. The lowest BCUT2D eigenvalue weighted by Gasteiger charge is -2.11. The van der Waals surface area contributed by atoms with Gasteiger partial charge < -0.3 is 5.32 Å². The van der Waals surface area contributed by atoms with Gasteiger partial charge in [0.05, 0.1) is 17.1 Å². The second kappa shape index (κ2) is 5.84. The fourth-order valence-electron chi connectivity index (χ4n) is 1.61. The normalized spacial score (nSPS) is 11.8. The number of anilines is 1. The van der Waals surface area contributed by atoms with Gasteiger partial charge in [-0.25, -0.2) is 13.4 Å². The van der Waals surface area contributed by atoms with Gasteiger partial charge in [-0.15, -0.1) is 11.3 Å². The van der Waals surface area contributed by atoms with Crippen LogP contribution < -0.4 is 5.32 Å². The van der Waals surface area contributed by atoms with E-state index in [-0.39, 0.29) is 12.2 Å². The molecule has 4 nitrogen and oxygen atoms in total. The number of rotatable bonds is 5. The highest BCUT2D eigenvalue weighted by atomic mass is 32.2. The van der Waals surface area contributed by atoms with Crippen LogP contribution in [0.2, 0.25) is 0 Å². The zero-order valence-corrected chi connectivity index (χ0v) is 12.1. The second-order valence-electron chi connectivity index (χ2n) is 4.02. The Labute approximate surface area is 119 Å². The molecule has 1 aromatic carbocycles. The maximum Gasteiger partial charge on any atom is 0.341 e. The summed E-state index contributed by atoms with van der Waals surface area (Å²) in [5.74, 6) is -3.44. The molecule has 0 fully saturated rings. The van der Waals surface area contributed by atoms with Crippen molar-refractivity contribution in [2.75, 3.05) is 5.32 Å². The Kier molecular flexibility index (Phi) is 4.34. The Bertz CT molecular complexity index is 699. The lowest BCUT2D eigenvalue weighted by atomic mass is 10.3. The van der Waals surface area contributed by atoms with Crippen LogP contribution in [0.15, 0.2) is 35.4 Å². The monoisotopic (exact) mass is 318 g/mol. The van der Waals surface area contributed by atoms with E-state index in [9.17, 15) is 17.2 Å². The molecule has 0 unspecified atom stereocenters. The molecule has 0 radical (unpaired) electrons. The Morgan fingerprint density at radius 3 is 2.65 bits per heavy atom. The van der Waals surface area contributed by atoms with E-state index in [1.54, 1.807) is 12.3 Å². The lowest BCUT2D eigenvalue weighted by Crippen LogP contribution is -2.14. The summed E-state index contributed by atoms with van der Waals surface area (Å²) in [6.45, 7) is 2.19. The van der Waals surface area contributed by atoms with E-state index in [2.05, 4.69) is 10.3 Å². The van der Waals surface area contributed by atoms with Crippen molar-refractivity contribution in [1.82, 2.24) is 4.98 Å². The standard InChI is InChI=1S/C12H12F2N2O2S2/c1-8-6-16-11(19-8)7-15-9-4-2-3-5-10(9)20(17,18)12(13)14/h2-6,12,15H,7H2,1H3. The van der Waals surface area contributed by atoms with E-state index in [0.29, 0.717) is 0 Å². The predicted molar refractivity (Wildman–Crippen MR) is 73.8 cm³/mol. The van der Waals surface area contributed by atoms with Crippen LogP contribution in [0.25, 0.3) is 0 Å². The maximum atomic E-state index is 12.6. The fourth-order valence-corrected chi connectivity index (χ4v) is 3.24. The van der Waals surface area contributed by atoms with Crippen LogP contribution in [0, 0.1) is 6.92 Å². The van der Waals surface area contributed by atoms with Crippen molar-refractivity contribution in [1.29, 1.82) is 0 Å². The molecule has 2 rings (SSSR count). The van der Waals surface area contributed by atoms with Crippen molar-refractivity contribution >= 4 is 26.9 Å². The lowest BCUT2D eigenvalue weighted by molar-refractivity contribution is 0.235. The number of benzene rings is 1. The highest BCUT2D eigenvalue weighted by molar-refractivity contribution is 7.91. The first-order valence-electron chi connectivity index (χ1n) is 5.67. The minimum Gasteiger partial charge on any atom is -0.377 e. The molecule has 20 heavy (non-hydrogen) atoms. The Morgan fingerprint density at radius 1 is 1.35 bits per heavy atom. The summed E-state index contributed by atoms with van der Waals surface area (Å²) in [7, 11) is -4.62. The Balaban J connectivity index is 2.25. The molecule has 0 aliphatic heterocycles. The molecule has 8 heteroatoms. The SMILES string of the molecule is Cc1cnc(CNc2ccccc2S(=O)(=O)C(F)F)s1. The van der Waals surface area contributed by atoms with Gasteiger partial charge in [-0.05, 0) is 19.1 Å². The molecule has 0 aliphatic carbocycles. The molecule has 0 saturated carbocycles. The van der Waals surface area contributed by atoms with Crippen molar-refractivity contribution in [3.8, 4) is 0 Å². The number of nitrogens with zero attached hydrogens (tertiary/aromatic N) is 1. The van der Waals surface area contributed by atoms with Crippen molar-refractivity contribution < 1.29 is 17.2 Å². The first-order chi connectivity index (χ1) is 9.41. The number of sulfone groups is 1. The van der Waals surface area contributed by atoms with Crippen molar-refractivity contribution in [3.63, 3.8) is 0 Å². The molecule has 0 spiro atoms. The van der Waals surface area contributed by atoms with E-state index in [4.69, 9.17) is 0 Å². The fraction of sp³-hybridized carbons (Fsp3) is 0.250. The molecule has 0 aliphatic rings. The Hall–Kier alpha value is -1.54. The van der Waals surface area contributed by atoms with Crippen molar-refractivity contribution in [2.45, 2.75) is 24.1 Å². The third kappa shape index (κ3) is 3.13. The smallest absolute Gasteiger partial charge is 0.341 e. The molecular weight excluding hydrogens is 306 g/mol. The number of para-hydroxylation sites is 1. The summed E-state index contributed by atoms with van der Waals surface area (Å²) in [5, 5.41) is 3.60. The summed E-state index contributed by atoms with van der Waals surface area (Å²) in [6.07, 6.45) is 1.70. The van der Waals surface area contributed by atoms with Gasteiger partial charge in [-0.1, -0.05) is 12.1 Å². The number of hydrogen-bond acceptors (Lipinski definition) is 5. The number of aryl methyl sites for hydroxylation is 1. The highest BCUT2D eigenvalue weighted by Crippen LogP contribution is 2.26. The number of thiazole rings is 1. The van der Waals surface area contributed by atoms with E-state index in [0.717, 1.165) is 16.0 Å². The zero-order chi connectivity index (χ0) is 14.8. The third-order valence-electron chi connectivity index (χ3n) is 2.53. The largest absolute Gasteiger partial charge is 0.377 e. The summed E-state index contributed by atoms with van der Waals surface area (Å²) in [4.78, 5) is 4.74. The second-order valence-corrected chi connectivity index (χ2v) is 7.23. The molecular formula is C12H12F2N2O2S2. The molecule has 0 bridgehead atoms. The van der Waals surface area contributed by atoms with Crippen LogP contribution in [0.5, 0.6) is 0 Å². The van der Waals surface area contributed by atoms with Crippen LogP contribution in [-0.4, -0.2) is 19.2 Å². The molecule has 1 aromatic heterocycles. The van der Waals surface area contributed by atoms with Crippen LogP contribution in [0.4, 0.5) is 14.5 Å². The highest BCUT2D eigenvalue weighted by Gasteiger charge is 2.28. The van der Waals surface area contributed by atoms with E-state index in [1.165, 1.54) is 23.5 Å². The minimum absolute atomic E-state index is 0.153. The summed E-state index contributed by atoms with van der Waals surface area (Å²) < 4.78 is 48.4. The molecule has 0 saturated heterocycles. The number of aromatic nitrogens is 1. The third-order valence-corrected chi connectivity index (χ3v) is 4.88. The van der Waals surface area contributed by atoms with Gasteiger partial charge in [0.2, 0.25) is 9.84 Å². The van der Waals surface area contributed by atoms with Gasteiger partial charge in [0.1, 0.15) is 5.01 Å². The van der Waals surface area contributed by atoms with Crippen molar-refractivity contribution in [2.24, 2.45) is 0 Å². The van der Waals surface area contributed by atoms with E-state index in [1.807, 2.05) is 6.92 Å². The quantitative estimate of drug-likeness (QED) is 0.920. The van der Waals surface area contributed by atoms with Crippen LogP contribution >= 0.6 is 11.3 Å². The van der Waals surface area contributed by atoms with Gasteiger partial charge in [0.15, 0.2) is 0 Å². The first kappa shape index (κ1) is 14.9. The van der Waals surface area contributed by atoms with Crippen LogP contribution in [0.1, 0.15) is 9.88 Å². The molecule has 0 atom stereocenters. The summed E-state index contributed by atoms with van der Waals surface area (Å²) in [6, 6.07) is 5.61. The number of halogens is 2. The summed E-state index contributed by atoms with van der Waals surface area (Å²) in [5.41, 5.74) is 0.153. The van der Waals surface area contributed by atoms with E-state index >= 15 is 0 Å². The summed E-state index contributed by atoms with van der Waals surface area (Å²) >= 11 is 1.46. The van der Waals surface area contributed by atoms with E-state index < -0.39 is 20.5 Å². The number of nitrogens with one attached hydrogen (secondary N) is 1. The molecule has 0 amide bonds. The van der Waals surface area contributed by atoms with Gasteiger partial charge in [0, 0.05) is 11.1 Å². The van der Waals surface area contributed by atoms with Gasteiger partial charge in [0.25, 0.3) is 0 Å². The van der Waals surface area contributed by atoms with Crippen LogP contribution in [-0.2, 0) is 16.4 Å². The first-order valence-corrected chi connectivity index (χ1v) is 8.04. The number of hydrogen-bond donors (Lipinski definition) is 1. The molecule has 1 heterocycles. The minimum atomic E-state index is -4.62.